The fourth-order valence-electron chi connectivity index (χ4n) is 2.14. The Morgan fingerprint density at radius 1 is 1.26 bits per heavy atom. The summed E-state index contributed by atoms with van der Waals surface area (Å²) >= 11 is 9.53. The summed E-state index contributed by atoms with van der Waals surface area (Å²) in [5.74, 6) is 5.69. The van der Waals surface area contributed by atoms with Crippen molar-refractivity contribution in [1.82, 2.24) is 5.43 Å². The van der Waals surface area contributed by atoms with Crippen LogP contribution < -0.4 is 11.3 Å². The smallest absolute Gasteiger partial charge is 0.0500 e. The van der Waals surface area contributed by atoms with Gasteiger partial charge in [-0.25, -0.2) is 0 Å². The molecule has 0 spiro atoms. The Morgan fingerprint density at radius 2 is 2.05 bits per heavy atom. The zero-order chi connectivity index (χ0) is 13.8. The molecule has 1 atom stereocenters. The first-order valence-corrected chi connectivity index (χ1v) is 7.23. The van der Waals surface area contributed by atoms with Crippen molar-refractivity contribution in [2.75, 3.05) is 0 Å². The summed E-state index contributed by atoms with van der Waals surface area (Å²) < 4.78 is 1.06. The minimum atomic E-state index is 0.0645. The first-order chi connectivity index (χ1) is 9.08. The molecule has 2 aromatic rings. The molecule has 1 unspecified atom stereocenters. The second kappa shape index (κ2) is 6.53. The van der Waals surface area contributed by atoms with Crippen LogP contribution in [0.5, 0.6) is 0 Å². The van der Waals surface area contributed by atoms with E-state index in [0.717, 1.165) is 27.0 Å². The van der Waals surface area contributed by atoms with E-state index in [0.29, 0.717) is 0 Å². The standard InChI is InChI=1S/C15H16BrClN2/c1-10-5-12(9-13(16)6-10)15(19-18)8-11-3-2-4-14(17)7-11/h2-7,9,15,19H,8,18H2,1H3. The van der Waals surface area contributed by atoms with Gasteiger partial charge in [0, 0.05) is 9.50 Å². The minimum absolute atomic E-state index is 0.0645. The van der Waals surface area contributed by atoms with Crippen LogP contribution in [0.15, 0.2) is 46.9 Å². The highest BCUT2D eigenvalue weighted by atomic mass is 79.9. The van der Waals surface area contributed by atoms with Crippen molar-refractivity contribution in [2.45, 2.75) is 19.4 Å². The van der Waals surface area contributed by atoms with Gasteiger partial charge in [-0.2, -0.15) is 0 Å². The Bertz CT molecular complexity index is 552. The number of nitrogens with two attached hydrogens (primary N) is 1. The molecule has 100 valence electrons. The van der Waals surface area contributed by atoms with Crippen LogP contribution in [-0.2, 0) is 6.42 Å². The molecule has 2 rings (SSSR count). The summed E-state index contributed by atoms with van der Waals surface area (Å²) in [4.78, 5) is 0. The van der Waals surface area contributed by atoms with E-state index in [9.17, 15) is 0 Å². The maximum atomic E-state index is 6.01. The first-order valence-electron chi connectivity index (χ1n) is 6.06. The van der Waals surface area contributed by atoms with Gasteiger partial charge in [-0.05, 0) is 54.3 Å². The van der Waals surface area contributed by atoms with E-state index in [4.69, 9.17) is 17.4 Å². The summed E-state index contributed by atoms with van der Waals surface area (Å²) in [6.45, 7) is 2.07. The summed E-state index contributed by atoms with van der Waals surface area (Å²) in [7, 11) is 0. The van der Waals surface area contributed by atoms with Crippen LogP contribution in [0.1, 0.15) is 22.7 Å². The molecule has 0 radical (unpaired) electrons. The molecule has 0 aliphatic carbocycles. The summed E-state index contributed by atoms with van der Waals surface area (Å²) in [6.07, 6.45) is 0.799. The molecular formula is C15H16BrClN2. The number of hydrazine groups is 1. The van der Waals surface area contributed by atoms with Crippen LogP contribution in [0.25, 0.3) is 0 Å². The van der Waals surface area contributed by atoms with Crippen LogP contribution in [0, 0.1) is 6.92 Å². The molecule has 0 heterocycles. The van der Waals surface area contributed by atoms with Crippen molar-refractivity contribution in [1.29, 1.82) is 0 Å². The van der Waals surface area contributed by atoms with Crippen molar-refractivity contribution in [2.24, 2.45) is 5.84 Å². The average molecular weight is 340 g/mol. The summed E-state index contributed by atoms with van der Waals surface area (Å²) in [5, 5.41) is 0.749. The summed E-state index contributed by atoms with van der Waals surface area (Å²) in [6, 6.07) is 14.2. The normalized spacial score (nSPS) is 12.4. The molecule has 0 saturated carbocycles. The van der Waals surface area contributed by atoms with Gasteiger partial charge in [0.2, 0.25) is 0 Å². The Labute approximate surface area is 127 Å². The highest BCUT2D eigenvalue weighted by Crippen LogP contribution is 2.24. The highest BCUT2D eigenvalue weighted by molar-refractivity contribution is 9.10. The molecule has 0 fully saturated rings. The van der Waals surface area contributed by atoms with Crippen molar-refractivity contribution >= 4 is 27.5 Å². The SMILES string of the molecule is Cc1cc(Br)cc(C(Cc2cccc(Cl)c2)NN)c1. The minimum Gasteiger partial charge on any atom is -0.271 e. The van der Waals surface area contributed by atoms with Gasteiger partial charge in [-0.1, -0.05) is 45.7 Å². The number of hydrogen-bond donors (Lipinski definition) is 2. The monoisotopic (exact) mass is 338 g/mol. The van der Waals surface area contributed by atoms with Gasteiger partial charge in [0.05, 0.1) is 6.04 Å². The lowest BCUT2D eigenvalue weighted by Gasteiger charge is -2.17. The lowest BCUT2D eigenvalue weighted by atomic mass is 9.98. The topological polar surface area (TPSA) is 38.0 Å². The molecular weight excluding hydrogens is 324 g/mol. The Morgan fingerprint density at radius 3 is 2.68 bits per heavy atom. The third kappa shape index (κ3) is 4.05. The maximum absolute atomic E-state index is 6.01. The van der Waals surface area contributed by atoms with Crippen molar-refractivity contribution in [3.8, 4) is 0 Å². The molecule has 2 aromatic carbocycles. The van der Waals surface area contributed by atoms with E-state index in [1.54, 1.807) is 0 Å². The van der Waals surface area contributed by atoms with Gasteiger partial charge < -0.3 is 0 Å². The predicted octanol–water partition coefficient (Wildman–Crippen LogP) is 4.16. The number of nitrogens with one attached hydrogen (secondary N) is 1. The van der Waals surface area contributed by atoms with Gasteiger partial charge in [-0.15, -0.1) is 0 Å². The number of benzene rings is 2. The molecule has 2 nitrogen and oxygen atoms in total. The molecule has 0 saturated heterocycles. The zero-order valence-corrected chi connectivity index (χ0v) is 13.0. The predicted molar refractivity (Wildman–Crippen MR) is 84.1 cm³/mol. The Kier molecular flexibility index (Phi) is 4.99. The second-order valence-corrected chi connectivity index (χ2v) is 5.97. The fourth-order valence-corrected chi connectivity index (χ4v) is 2.98. The maximum Gasteiger partial charge on any atom is 0.0500 e. The molecule has 4 heteroatoms. The second-order valence-electron chi connectivity index (χ2n) is 4.62. The third-order valence-electron chi connectivity index (χ3n) is 3.00. The Hall–Kier alpha value is -0.870. The number of hydrogen-bond acceptors (Lipinski definition) is 2. The molecule has 0 bridgehead atoms. The van der Waals surface area contributed by atoms with E-state index in [1.807, 2.05) is 18.2 Å². The van der Waals surface area contributed by atoms with Crippen LogP contribution in [0.4, 0.5) is 0 Å². The van der Waals surface area contributed by atoms with Crippen molar-refractivity contribution in [3.05, 3.63) is 68.7 Å². The fraction of sp³-hybridized carbons (Fsp3) is 0.200. The van der Waals surface area contributed by atoms with E-state index in [-0.39, 0.29) is 6.04 Å². The molecule has 0 amide bonds. The number of rotatable bonds is 4. The van der Waals surface area contributed by atoms with E-state index < -0.39 is 0 Å². The Balaban J connectivity index is 2.24. The molecule has 19 heavy (non-hydrogen) atoms. The van der Waals surface area contributed by atoms with E-state index in [2.05, 4.69) is 52.5 Å². The largest absolute Gasteiger partial charge is 0.271 e. The zero-order valence-electron chi connectivity index (χ0n) is 10.7. The number of halogens is 2. The van der Waals surface area contributed by atoms with E-state index in [1.165, 1.54) is 5.56 Å². The molecule has 3 N–H and O–H groups in total. The first kappa shape index (κ1) is 14.5. The number of aryl methyl sites for hydroxylation is 1. The van der Waals surface area contributed by atoms with Crippen LogP contribution in [0.2, 0.25) is 5.02 Å². The molecule has 0 aliphatic heterocycles. The lowest BCUT2D eigenvalue weighted by Crippen LogP contribution is -2.29. The highest BCUT2D eigenvalue weighted by Gasteiger charge is 2.12. The third-order valence-corrected chi connectivity index (χ3v) is 3.69. The van der Waals surface area contributed by atoms with Crippen molar-refractivity contribution in [3.63, 3.8) is 0 Å². The quantitative estimate of drug-likeness (QED) is 0.648. The molecule has 0 aromatic heterocycles. The van der Waals surface area contributed by atoms with Gasteiger partial charge in [0.1, 0.15) is 0 Å². The van der Waals surface area contributed by atoms with Gasteiger partial charge in [-0.3, -0.25) is 11.3 Å². The van der Waals surface area contributed by atoms with Crippen LogP contribution in [0.3, 0.4) is 0 Å². The van der Waals surface area contributed by atoms with Gasteiger partial charge in [0.15, 0.2) is 0 Å². The van der Waals surface area contributed by atoms with Gasteiger partial charge >= 0.3 is 0 Å². The van der Waals surface area contributed by atoms with E-state index >= 15 is 0 Å². The van der Waals surface area contributed by atoms with Crippen LogP contribution in [-0.4, -0.2) is 0 Å². The van der Waals surface area contributed by atoms with Crippen molar-refractivity contribution < 1.29 is 0 Å². The molecule has 0 aliphatic rings. The average Bonchev–Trinajstić information content (AvgIpc) is 2.34. The van der Waals surface area contributed by atoms with Crippen LogP contribution >= 0.6 is 27.5 Å². The lowest BCUT2D eigenvalue weighted by molar-refractivity contribution is 0.551. The van der Waals surface area contributed by atoms with Gasteiger partial charge in [0.25, 0.3) is 0 Å². The summed E-state index contributed by atoms with van der Waals surface area (Å²) in [5.41, 5.74) is 6.40.